The third kappa shape index (κ3) is 2.41. The summed E-state index contributed by atoms with van der Waals surface area (Å²) in [5, 5.41) is 0. The molecule has 0 radical (unpaired) electrons. The Labute approximate surface area is 91.3 Å². The average Bonchev–Trinajstić information content (AvgIpc) is 2.50. The maximum absolute atomic E-state index is 5.77. The standard InChI is InChI=1S/C12H19N3/c1-10-8-12(14-9-11(10)13)15-6-4-2-3-5-7-15/h8-9H,2-7,13H2,1H3. The molecular weight excluding hydrogens is 186 g/mol. The lowest BCUT2D eigenvalue weighted by molar-refractivity contribution is 0.726. The van der Waals surface area contributed by atoms with E-state index >= 15 is 0 Å². The maximum Gasteiger partial charge on any atom is 0.128 e. The number of nitrogens with two attached hydrogens (primary N) is 1. The van der Waals surface area contributed by atoms with E-state index in [1.807, 2.05) is 6.92 Å². The van der Waals surface area contributed by atoms with Gasteiger partial charge in [-0.2, -0.15) is 0 Å². The number of anilines is 2. The van der Waals surface area contributed by atoms with Gasteiger partial charge in [0.1, 0.15) is 5.82 Å². The van der Waals surface area contributed by atoms with Gasteiger partial charge in [0.25, 0.3) is 0 Å². The number of hydrogen-bond acceptors (Lipinski definition) is 3. The van der Waals surface area contributed by atoms with Gasteiger partial charge < -0.3 is 10.6 Å². The first-order chi connectivity index (χ1) is 7.27. The van der Waals surface area contributed by atoms with Gasteiger partial charge in [0, 0.05) is 13.1 Å². The van der Waals surface area contributed by atoms with Crippen LogP contribution in [-0.4, -0.2) is 18.1 Å². The SMILES string of the molecule is Cc1cc(N2CCCCCC2)ncc1N. The molecule has 0 aromatic carbocycles. The largest absolute Gasteiger partial charge is 0.397 e. The number of nitrogen functional groups attached to an aromatic ring is 1. The molecule has 3 nitrogen and oxygen atoms in total. The second-order valence-electron chi connectivity index (χ2n) is 4.30. The first-order valence-electron chi connectivity index (χ1n) is 5.74. The van der Waals surface area contributed by atoms with E-state index < -0.39 is 0 Å². The molecule has 1 aliphatic heterocycles. The maximum atomic E-state index is 5.77. The van der Waals surface area contributed by atoms with Crippen LogP contribution in [0.5, 0.6) is 0 Å². The predicted octanol–water partition coefficient (Wildman–Crippen LogP) is 2.35. The van der Waals surface area contributed by atoms with Crippen molar-refractivity contribution >= 4 is 11.5 Å². The third-order valence-corrected chi connectivity index (χ3v) is 3.07. The Morgan fingerprint density at radius 2 is 1.87 bits per heavy atom. The minimum Gasteiger partial charge on any atom is -0.397 e. The van der Waals surface area contributed by atoms with Crippen molar-refractivity contribution < 1.29 is 0 Å². The van der Waals surface area contributed by atoms with Crippen LogP contribution < -0.4 is 10.6 Å². The van der Waals surface area contributed by atoms with Gasteiger partial charge in [0.15, 0.2) is 0 Å². The highest BCUT2D eigenvalue weighted by Gasteiger charge is 2.11. The first-order valence-corrected chi connectivity index (χ1v) is 5.74. The zero-order valence-corrected chi connectivity index (χ0v) is 9.37. The normalized spacial score (nSPS) is 17.5. The minimum atomic E-state index is 0.786. The smallest absolute Gasteiger partial charge is 0.128 e. The van der Waals surface area contributed by atoms with E-state index in [1.165, 1.54) is 25.7 Å². The molecule has 0 saturated carbocycles. The van der Waals surface area contributed by atoms with Gasteiger partial charge in [-0.05, 0) is 31.4 Å². The number of rotatable bonds is 1. The molecule has 1 saturated heterocycles. The van der Waals surface area contributed by atoms with Crippen molar-refractivity contribution in [2.24, 2.45) is 0 Å². The molecule has 3 heteroatoms. The highest BCUT2D eigenvalue weighted by atomic mass is 15.2. The molecule has 1 aliphatic rings. The Kier molecular flexibility index (Phi) is 3.09. The van der Waals surface area contributed by atoms with Gasteiger partial charge >= 0.3 is 0 Å². The molecule has 2 N–H and O–H groups in total. The fourth-order valence-electron chi connectivity index (χ4n) is 2.02. The van der Waals surface area contributed by atoms with E-state index in [1.54, 1.807) is 6.20 Å². The van der Waals surface area contributed by atoms with Crippen LogP contribution in [0.1, 0.15) is 31.2 Å². The summed E-state index contributed by atoms with van der Waals surface area (Å²) in [6.45, 7) is 4.31. The molecule has 2 heterocycles. The van der Waals surface area contributed by atoms with Crippen molar-refractivity contribution in [3.63, 3.8) is 0 Å². The van der Waals surface area contributed by atoms with E-state index in [0.29, 0.717) is 0 Å². The molecule has 0 aliphatic carbocycles. The van der Waals surface area contributed by atoms with Gasteiger partial charge in [-0.15, -0.1) is 0 Å². The van der Waals surface area contributed by atoms with Crippen LogP contribution in [0.15, 0.2) is 12.3 Å². The van der Waals surface area contributed by atoms with Crippen molar-refractivity contribution in [2.45, 2.75) is 32.6 Å². The summed E-state index contributed by atoms with van der Waals surface area (Å²) in [6.07, 6.45) is 7.04. The molecule has 0 spiro atoms. The second-order valence-corrected chi connectivity index (χ2v) is 4.30. The molecule has 0 amide bonds. The Balaban J connectivity index is 2.16. The molecule has 1 aromatic heterocycles. The lowest BCUT2D eigenvalue weighted by atomic mass is 10.2. The number of aryl methyl sites for hydroxylation is 1. The quantitative estimate of drug-likeness (QED) is 0.765. The summed E-state index contributed by atoms with van der Waals surface area (Å²) in [5.74, 6) is 1.09. The molecule has 1 aromatic rings. The van der Waals surface area contributed by atoms with E-state index in [4.69, 9.17) is 5.73 Å². The molecule has 0 atom stereocenters. The molecule has 1 fully saturated rings. The van der Waals surface area contributed by atoms with Gasteiger partial charge in [0.05, 0.1) is 11.9 Å². The predicted molar refractivity (Wildman–Crippen MR) is 64.1 cm³/mol. The molecule has 2 rings (SSSR count). The third-order valence-electron chi connectivity index (χ3n) is 3.07. The fourth-order valence-corrected chi connectivity index (χ4v) is 2.02. The summed E-state index contributed by atoms with van der Waals surface area (Å²) < 4.78 is 0. The summed E-state index contributed by atoms with van der Waals surface area (Å²) in [5.41, 5.74) is 7.68. The number of hydrogen-bond donors (Lipinski definition) is 1. The van der Waals surface area contributed by atoms with Crippen LogP contribution in [0.4, 0.5) is 11.5 Å². The molecule has 82 valence electrons. The molecule has 15 heavy (non-hydrogen) atoms. The summed E-state index contributed by atoms with van der Waals surface area (Å²) in [7, 11) is 0. The highest BCUT2D eigenvalue weighted by molar-refractivity contribution is 5.52. The molecular formula is C12H19N3. The number of aromatic nitrogens is 1. The summed E-state index contributed by atoms with van der Waals surface area (Å²) in [6, 6.07) is 2.10. The zero-order valence-electron chi connectivity index (χ0n) is 9.37. The Bertz CT molecular complexity index is 328. The monoisotopic (exact) mass is 205 g/mol. The number of pyridine rings is 1. The lowest BCUT2D eigenvalue weighted by Crippen LogP contribution is -2.24. The van der Waals surface area contributed by atoms with Crippen molar-refractivity contribution in [3.8, 4) is 0 Å². The Morgan fingerprint density at radius 3 is 2.47 bits per heavy atom. The Morgan fingerprint density at radius 1 is 1.20 bits per heavy atom. The van der Waals surface area contributed by atoms with E-state index in [0.717, 1.165) is 30.2 Å². The lowest BCUT2D eigenvalue weighted by Gasteiger charge is -2.21. The van der Waals surface area contributed by atoms with Crippen LogP contribution in [-0.2, 0) is 0 Å². The van der Waals surface area contributed by atoms with Crippen LogP contribution in [0, 0.1) is 6.92 Å². The molecule has 0 unspecified atom stereocenters. The topological polar surface area (TPSA) is 42.2 Å². The van der Waals surface area contributed by atoms with Gasteiger partial charge in [0.2, 0.25) is 0 Å². The Hall–Kier alpha value is -1.25. The second kappa shape index (κ2) is 4.51. The van der Waals surface area contributed by atoms with E-state index in [2.05, 4.69) is 16.0 Å². The van der Waals surface area contributed by atoms with Gasteiger partial charge in [-0.25, -0.2) is 4.98 Å². The zero-order chi connectivity index (χ0) is 10.7. The van der Waals surface area contributed by atoms with E-state index in [9.17, 15) is 0 Å². The van der Waals surface area contributed by atoms with E-state index in [-0.39, 0.29) is 0 Å². The first kappa shape index (κ1) is 10.3. The van der Waals surface area contributed by atoms with Crippen molar-refractivity contribution in [1.82, 2.24) is 4.98 Å². The summed E-state index contributed by atoms with van der Waals surface area (Å²) >= 11 is 0. The van der Waals surface area contributed by atoms with Crippen LogP contribution in [0.25, 0.3) is 0 Å². The van der Waals surface area contributed by atoms with Crippen LogP contribution in [0.2, 0.25) is 0 Å². The minimum absolute atomic E-state index is 0.786. The highest BCUT2D eigenvalue weighted by Crippen LogP contribution is 2.20. The summed E-state index contributed by atoms with van der Waals surface area (Å²) in [4.78, 5) is 6.78. The fraction of sp³-hybridized carbons (Fsp3) is 0.583. The van der Waals surface area contributed by atoms with Gasteiger partial charge in [-0.3, -0.25) is 0 Å². The average molecular weight is 205 g/mol. The van der Waals surface area contributed by atoms with Crippen molar-refractivity contribution in [1.29, 1.82) is 0 Å². The van der Waals surface area contributed by atoms with Gasteiger partial charge in [-0.1, -0.05) is 12.8 Å². The van der Waals surface area contributed by atoms with Crippen LogP contribution >= 0.6 is 0 Å². The van der Waals surface area contributed by atoms with Crippen molar-refractivity contribution in [3.05, 3.63) is 17.8 Å². The molecule has 0 bridgehead atoms. The van der Waals surface area contributed by atoms with Crippen molar-refractivity contribution in [2.75, 3.05) is 23.7 Å². The number of nitrogens with zero attached hydrogens (tertiary/aromatic N) is 2. The van der Waals surface area contributed by atoms with Crippen LogP contribution in [0.3, 0.4) is 0 Å².